The van der Waals surface area contributed by atoms with Gasteiger partial charge in [0.25, 0.3) is 5.89 Å². The van der Waals surface area contributed by atoms with E-state index in [0.29, 0.717) is 16.8 Å². The first kappa shape index (κ1) is 23.9. The van der Waals surface area contributed by atoms with E-state index < -0.39 is 0 Å². The maximum Gasteiger partial charge on any atom is 0.258 e. The zero-order chi connectivity index (χ0) is 25.1. The molecule has 1 aromatic heterocycles. The highest BCUT2D eigenvalue weighted by Gasteiger charge is 2.34. The second-order valence-corrected chi connectivity index (χ2v) is 9.54. The Kier molecular flexibility index (Phi) is 6.96. The first-order valence-electron chi connectivity index (χ1n) is 12.4. The van der Waals surface area contributed by atoms with E-state index in [1.807, 2.05) is 18.2 Å². The minimum absolute atomic E-state index is 0.179. The fourth-order valence-electron chi connectivity index (χ4n) is 4.56. The van der Waals surface area contributed by atoms with Crippen molar-refractivity contribution in [2.45, 2.75) is 39.7 Å². The van der Waals surface area contributed by atoms with Crippen LogP contribution in [0.25, 0.3) is 17.0 Å². The van der Waals surface area contributed by atoms with Crippen molar-refractivity contribution < 1.29 is 4.52 Å². The summed E-state index contributed by atoms with van der Waals surface area (Å²) in [7, 11) is 0. The zero-order valence-electron chi connectivity index (χ0n) is 20.9. The number of rotatable bonds is 7. The molecule has 0 amide bonds. The molecule has 0 bridgehead atoms. The second-order valence-electron chi connectivity index (χ2n) is 9.15. The largest absolute Gasteiger partial charge is 0.351 e. The van der Waals surface area contributed by atoms with Gasteiger partial charge in [-0.3, -0.25) is 0 Å². The van der Waals surface area contributed by atoms with Crippen LogP contribution in [0.1, 0.15) is 48.0 Å². The molecule has 1 aliphatic rings. The topological polar surface area (TPSA) is 54.2 Å². The van der Waals surface area contributed by atoms with Gasteiger partial charge in [0.2, 0.25) is 5.82 Å². The van der Waals surface area contributed by atoms with E-state index in [1.165, 1.54) is 16.7 Å². The number of aryl methyl sites for hydroxylation is 2. The lowest BCUT2D eigenvalue weighted by Crippen LogP contribution is -2.46. The van der Waals surface area contributed by atoms with Gasteiger partial charge in [-0.25, -0.2) is 0 Å². The minimum atomic E-state index is -0.179. The molecule has 0 fully saturated rings. The van der Waals surface area contributed by atoms with Gasteiger partial charge in [0.05, 0.1) is 11.6 Å². The first-order chi connectivity index (χ1) is 17.5. The Morgan fingerprint density at radius 1 is 0.917 bits per heavy atom. The van der Waals surface area contributed by atoms with Crippen LogP contribution >= 0.6 is 12.2 Å². The molecule has 1 unspecified atom stereocenters. The molecule has 1 N–H and O–H groups in total. The molecule has 1 aliphatic heterocycles. The van der Waals surface area contributed by atoms with Crippen molar-refractivity contribution in [3.8, 4) is 11.4 Å². The van der Waals surface area contributed by atoms with Crippen molar-refractivity contribution in [3.63, 3.8) is 0 Å². The predicted octanol–water partition coefficient (Wildman–Crippen LogP) is 6.51. The Morgan fingerprint density at radius 3 is 2.33 bits per heavy atom. The molecule has 3 aromatic carbocycles. The molecule has 0 spiro atoms. The highest BCUT2D eigenvalue weighted by Crippen LogP contribution is 2.37. The molecule has 5 rings (SSSR count). The summed E-state index contributed by atoms with van der Waals surface area (Å²) < 4.78 is 5.88. The molecular formula is C30H30N4OS. The minimum Gasteiger partial charge on any atom is -0.351 e. The molecule has 5 nitrogen and oxygen atoms in total. The average molecular weight is 495 g/mol. The lowest BCUT2D eigenvalue weighted by Gasteiger charge is -2.37. The third-order valence-corrected chi connectivity index (χ3v) is 7.09. The summed E-state index contributed by atoms with van der Waals surface area (Å²) in [6.07, 6.45) is 1.87. The van der Waals surface area contributed by atoms with Crippen LogP contribution in [0.3, 0.4) is 0 Å². The van der Waals surface area contributed by atoms with E-state index in [1.54, 1.807) is 0 Å². The molecule has 36 heavy (non-hydrogen) atoms. The van der Waals surface area contributed by atoms with Crippen LogP contribution in [0.2, 0.25) is 0 Å². The number of allylic oxidation sites excluding steroid dienone is 1. The van der Waals surface area contributed by atoms with Crippen molar-refractivity contribution in [1.29, 1.82) is 0 Å². The molecule has 0 saturated heterocycles. The quantitative estimate of drug-likeness (QED) is 0.296. The third-order valence-electron chi connectivity index (χ3n) is 6.75. The maximum atomic E-state index is 5.88. The molecule has 1 atom stereocenters. The molecule has 0 radical (unpaired) electrons. The van der Waals surface area contributed by atoms with Crippen LogP contribution in [0.4, 0.5) is 0 Å². The number of thiocarbonyl (C=S) groups is 1. The van der Waals surface area contributed by atoms with Crippen LogP contribution in [0, 0.1) is 6.92 Å². The molecule has 6 heteroatoms. The number of nitrogens with one attached hydrogen (secondary N) is 1. The second kappa shape index (κ2) is 10.5. The van der Waals surface area contributed by atoms with Gasteiger partial charge in [0.1, 0.15) is 0 Å². The Morgan fingerprint density at radius 2 is 1.64 bits per heavy atom. The van der Waals surface area contributed by atoms with Gasteiger partial charge in [-0.1, -0.05) is 96.5 Å². The third kappa shape index (κ3) is 4.95. The number of hydrogen-bond donors (Lipinski definition) is 1. The summed E-state index contributed by atoms with van der Waals surface area (Å²) in [5.41, 5.74) is 7.77. The number of benzene rings is 3. The Balaban J connectivity index is 1.53. The van der Waals surface area contributed by atoms with Crippen molar-refractivity contribution in [3.05, 3.63) is 113 Å². The summed E-state index contributed by atoms with van der Waals surface area (Å²) in [6.45, 7) is 7.08. The van der Waals surface area contributed by atoms with Crippen LogP contribution in [-0.2, 0) is 12.8 Å². The maximum absolute atomic E-state index is 5.88. The van der Waals surface area contributed by atoms with Gasteiger partial charge in [-0.15, -0.1) is 0 Å². The SMILES string of the molecule is CCc1ccc(-c2noc(C3=C(C)N(CCc4ccccc4)C(=S)NC3c3ccc(C)cc3)n2)cc1. The van der Waals surface area contributed by atoms with E-state index in [4.69, 9.17) is 21.7 Å². The van der Waals surface area contributed by atoms with Crippen LogP contribution in [-0.4, -0.2) is 26.7 Å². The number of hydrogen-bond acceptors (Lipinski definition) is 4. The molecule has 0 aliphatic carbocycles. The molecule has 2 heterocycles. The van der Waals surface area contributed by atoms with Crippen molar-refractivity contribution >= 4 is 22.9 Å². The highest BCUT2D eigenvalue weighted by molar-refractivity contribution is 7.80. The fraction of sp³-hybridized carbons (Fsp3) is 0.233. The van der Waals surface area contributed by atoms with Gasteiger partial charge in [0.15, 0.2) is 5.11 Å². The molecule has 4 aromatic rings. The van der Waals surface area contributed by atoms with Crippen molar-refractivity contribution in [1.82, 2.24) is 20.4 Å². The average Bonchev–Trinajstić information content (AvgIpc) is 3.39. The van der Waals surface area contributed by atoms with E-state index in [0.717, 1.165) is 41.8 Å². The zero-order valence-corrected chi connectivity index (χ0v) is 21.7. The molecule has 182 valence electrons. The van der Waals surface area contributed by atoms with Crippen LogP contribution < -0.4 is 5.32 Å². The van der Waals surface area contributed by atoms with Gasteiger partial charge in [0, 0.05) is 17.8 Å². The van der Waals surface area contributed by atoms with Crippen LogP contribution in [0.5, 0.6) is 0 Å². The van der Waals surface area contributed by atoms with Gasteiger partial charge < -0.3 is 14.7 Å². The summed E-state index contributed by atoms with van der Waals surface area (Å²) in [5.74, 6) is 1.09. The van der Waals surface area contributed by atoms with Crippen LogP contribution in [0.15, 0.2) is 89.1 Å². The highest BCUT2D eigenvalue weighted by atomic mass is 32.1. The Bertz CT molecular complexity index is 1370. The van der Waals surface area contributed by atoms with Crippen molar-refractivity contribution in [2.75, 3.05) is 6.54 Å². The smallest absolute Gasteiger partial charge is 0.258 e. The summed E-state index contributed by atoms with van der Waals surface area (Å²) in [6, 6.07) is 27.1. The first-order valence-corrected chi connectivity index (χ1v) is 12.8. The Labute approximate surface area is 217 Å². The van der Waals surface area contributed by atoms with E-state index in [-0.39, 0.29) is 6.04 Å². The van der Waals surface area contributed by atoms with E-state index in [2.05, 4.69) is 96.8 Å². The summed E-state index contributed by atoms with van der Waals surface area (Å²) in [4.78, 5) is 6.98. The summed E-state index contributed by atoms with van der Waals surface area (Å²) >= 11 is 5.84. The number of nitrogens with zero attached hydrogens (tertiary/aromatic N) is 3. The standard InChI is InChI=1S/C30H30N4OS/c1-4-22-12-16-25(17-13-22)28-32-29(35-33-28)26-21(3)34(19-18-23-8-6-5-7-9-23)30(36)31-27(26)24-14-10-20(2)11-15-24/h5-17,27H,4,18-19H2,1-3H3,(H,31,36). The lowest BCUT2D eigenvalue weighted by atomic mass is 9.94. The van der Waals surface area contributed by atoms with Gasteiger partial charge in [-0.2, -0.15) is 4.98 Å². The lowest BCUT2D eigenvalue weighted by molar-refractivity contribution is 0.397. The van der Waals surface area contributed by atoms with E-state index in [9.17, 15) is 0 Å². The fourth-order valence-corrected chi connectivity index (χ4v) is 4.91. The van der Waals surface area contributed by atoms with Gasteiger partial charge in [-0.05, 0) is 55.6 Å². The molecule has 0 saturated carbocycles. The van der Waals surface area contributed by atoms with E-state index >= 15 is 0 Å². The number of aromatic nitrogens is 2. The Hall–Kier alpha value is -3.77. The van der Waals surface area contributed by atoms with Gasteiger partial charge >= 0.3 is 0 Å². The van der Waals surface area contributed by atoms with Crippen molar-refractivity contribution in [2.24, 2.45) is 0 Å². The predicted molar refractivity (Wildman–Crippen MR) is 148 cm³/mol. The summed E-state index contributed by atoms with van der Waals surface area (Å²) in [5, 5.41) is 8.59. The monoisotopic (exact) mass is 494 g/mol. The molecular weight excluding hydrogens is 464 g/mol. The normalized spacial score (nSPS) is 15.8.